The molecule has 1 N–H and O–H groups in total. The fourth-order valence-electron chi connectivity index (χ4n) is 3.19. The first-order chi connectivity index (χ1) is 11.0. The van der Waals surface area contributed by atoms with Crippen molar-refractivity contribution in [3.8, 4) is 6.07 Å². The molecule has 0 radical (unpaired) electrons. The number of carboxylic acids is 1. The monoisotopic (exact) mass is 329 g/mol. The predicted octanol–water partition coefficient (Wildman–Crippen LogP) is 3.37. The predicted molar refractivity (Wildman–Crippen MR) is 88.8 cm³/mol. The molecule has 5 nitrogen and oxygen atoms in total. The largest absolute Gasteiger partial charge is 0.481 e. The molecule has 3 rings (SSSR count). The minimum absolute atomic E-state index is 0.398. The van der Waals surface area contributed by atoms with Crippen LogP contribution in [0, 0.1) is 24.2 Å². The minimum Gasteiger partial charge on any atom is -0.481 e. The van der Waals surface area contributed by atoms with Gasteiger partial charge in [0.25, 0.3) is 0 Å². The Labute approximate surface area is 139 Å². The van der Waals surface area contributed by atoms with E-state index in [1.165, 1.54) is 6.20 Å². The van der Waals surface area contributed by atoms with E-state index in [-0.39, 0.29) is 0 Å². The van der Waals surface area contributed by atoms with Crippen LogP contribution in [0.4, 0.5) is 5.69 Å². The van der Waals surface area contributed by atoms with Gasteiger partial charge in [-0.25, -0.2) is 0 Å². The quantitative estimate of drug-likeness (QED) is 0.914. The molecule has 0 aliphatic carbocycles. The molecule has 2 heterocycles. The lowest BCUT2D eigenvalue weighted by Gasteiger charge is -2.33. The lowest BCUT2D eigenvalue weighted by molar-refractivity contribution is -0.141. The molecule has 0 saturated carbocycles. The molecule has 118 valence electrons. The maximum absolute atomic E-state index is 11.3. The van der Waals surface area contributed by atoms with E-state index in [0.717, 1.165) is 29.6 Å². The van der Waals surface area contributed by atoms with Crippen LogP contribution in [0.25, 0.3) is 10.9 Å². The van der Waals surface area contributed by atoms with Crippen LogP contribution in [-0.4, -0.2) is 29.1 Å². The van der Waals surface area contributed by atoms with Gasteiger partial charge in [-0.1, -0.05) is 11.6 Å². The van der Waals surface area contributed by atoms with Gasteiger partial charge in [0.15, 0.2) is 0 Å². The van der Waals surface area contributed by atoms with E-state index in [0.29, 0.717) is 29.1 Å². The molecule has 1 atom stereocenters. The van der Waals surface area contributed by atoms with Gasteiger partial charge in [0, 0.05) is 24.7 Å². The van der Waals surface area contributed by atoms with E-state index in [1.54, 1.807) is 0 Å². The molecule has 1 saturated heterocycles. The fraction of sp³-hybridized carbons (Fsp3) is 0.353. The molecule has 0 amide bonds. The number of aromatic nitrogens is 1. The maximum Gasteiger partial charge on any atom is 0.308 e. The lowest BCUT2D eigenvalue weighted by atomic mass is 9.96. The average Bonchev–Trinajstić information content (AvgIpc) is 2.53. The van der Waals surface area contributed by atoms with E-state index in [4.69, 9.17) is 11.6 Å². The van der Waals surface area contributed by atoms with Gasteiger partial charge in [-0.15, -0.1) is 0 Å². The van der Waals surface area contributed by atoms with Gasteiger partial charge in [0.2, 0.25) is 0 Å². The number of fused-ring (bicyclic) bond motifs is 1. The summed E-state index contributed by atoms with van der Waals surface area (Å²) in [5, 5.41) is 20.1. The summed E-state index contributed by atoms with van der Waals surface area (Å²) in [5.41, 5.74) is 2.82. The fourth-order valence-corrected chi connectivity index (χ4v) is 3.51. The highest BCUT2D eigenvalue weighted by atomic mass is 35.5. The Hall–Kier alpha value is -2.32. The molecule has 1 fully saturated rings. The topological polar surface area (TPSA) is 77.2 Å². The number of aliphatic carboxylic acids is 1. The second kappa shape index (κ2) is 6.05. The summed E-state index contributed by atoms with van der Waals surface area (Å²) in [7, 11) is 0. The second-order valence-corrected chi connectivity index (χ2v) is 6.31. The van der Waals surface area contributed by atoms with Crippen LogP contribution in [0.5, 0.6) is 0 Å². The number of carboxylic acid groups (broad SMARTS) is 1. The molecule has 1 unspecified atom stereocenters. The highest BCUT2D eigenvalue weighted by Crippen LogP contribution is 2.35. The second-order valence-electron chi connectivity index (χ2n) is 5.90. The Bertz CT molecular complexity index is 829. The summed E-state index contributed by atoms with van der Waals surface area (Å²) in [6.07, 6.45) is 2.96. The number of nitrogens with zero attached hydrogens (tertiary/aromatic N) is 3. The van der Waals surface area contributed by atoms with Gasteiger partial charge in [0.1, 0.15) is 6.07 Å². The number of rotatable bonds is 2. The van der Waals surface area contributed by atoms with Crippen LogP contribution in [0.3, 0.4) is 0 Å². The molecular weight excluding hydrogens is 314 g/mol. The third kappa shape index (κ3) is 2.82. The maximum atomic E-state index is 11.3. The van der Waals surface area contributed by atoms with Crippen molar-refractivity contribution in [2.45, 2.75) is 19.8 Å². The van der Waals surface area contributed by atoms with E-state index >= 15 is 0 Å². The highest BCUT2D eigenvalue weighted by Gasteiger charge is 2.28. The lowest BCUT2D eigenvalue weighted by Crippen LogP contribution is -2.39. The molecule has 1 aromatic heterocycles. The van der Waals surface area contributed by atoms with E-state index in [2.05, 4.69) is 11.1 Å². The molecule has 2 aromatic rings. The van der Waals surface area contributed by atoms with Gasteiger partial charge < -0.3 is 10.0 Å². The number of nitriles is 1. The van der Waals surface area contributed by atoms with Crippen molar-refractivity contribution in [2.24, 2.45) is 5.92 Å². The zero-order valence-corrected chi connectivity index (χ0v) is 13.5. The molecule has 1 aromatic carbocycles. The van der Waals surface area contributed by atoms with Gasteiger partial charge in [-0.05, 0) is 37.5 Å². The number of hydrogen-bond donors (Lipinski definition) is 1. The number of halogens is 1. The Kier molecular flexibility index (Phi) is 4.10. The molecule has 0 bridgehead atoms. The Morgan fingerprint density at radius 3 is 3.00 bits per heavy atom. The summed E-state index contributed by atoms with van der Waals surface area (Å²) in [6.45, 7) is 3.06. The highest BCUT2D eigenvalue weighted by molar-refractivity contribution is 6.35. The summed E-state index contributed by atoms with van der Waals surface area (Å²) >= 11 is 6.29. The van der Waals surface area contributed by atoms with Gasteiger partial charge in [0.05, 0.1) is 27.7 Å². The van der Waals surface area contributed by atoms with Crippen molar-refractivity contribution in [1.29, 1.82) is 5.26 Å². The van der Waals surface area contributed by atoms with Crippen LogP contribution in [0.1, 0.15) is 24.0 Å². The first kappa shape index (κ1) is 15.6. The van der Waals surface area contributed by atoms with Crippen molar-refractivity contribution in [3.05, 3.63) is 34.5 Å². The van der Waals surface area contributed by atoms with Crippen LogP contribution in [0.2, 0.25) is 5.02 Å². The van der Waals surface area contributed by atoms with Crippen LogP contribution in [-0.2, 0) is 4.79 Å². The number of hydrogen-bond acceptors (Lipinski definition) is 4. The first-order valence-corrected chi connectivity index (χ1v) is 7.85. The molecule has 23 heavy (non-hydrogen) atoms. The van der Waals surface area contributed by atoms with Crippen LogP contribution in [0.15, 0.2) is 18.3 Å². The van der Waals surface area contributed by atoms with E-state index in [1.807, 2.05) is 24.0 Å². The van der Waals surface area contributed by atoms with Crippen LogP contribution >= 0.6 is 11.6 Å². The standard InChI is InChI=1S/C17H16ClN3O2/c1-10-5-13-15(14(18)6-10)20-8-12(7-19)16(13)21-4-2-3-11(9-21)17(22)23/h5-6,8,11H,2-4,9H2,1H3,(H,22,23). The van der Waals surface area contributed by atoms with E-state index < -0.39 is 11.9 Å². The summed E-state index contributed by atoms with van der Waals surface area (Å²) in [4.78, 5) is 17.6. The molecule has 1 aliphatic heterocycles. The van der Waals surface area contributed by atoms with Gasteiger partial charge >= 0.3 is 5.97 Å². The molecule has 0 spiro atoms. The zero-order valence-electron chi connectivity index (χ0n) is 12.7. The van der Waals surface area contributed by atoms with Gasteiger partial charge in [-0.2, -0.15) is 5.26 Å². The summed E-state index contributed by atoms with van der Waals surface area (Å²) in [5.74, 6) is -1.21. The number of pyridine rings is 1. The summed E-state index contributed by atoms with van der Waals surface area (Å²) in [6, 6.07) is 5.96. The Morgan fingerprint density at radius 1 is 1.52 bits per heavy atom. The van der Waals surface area contributed by atoms with Crippen molar-refractivity contribution in [2.75, 3.05) is 18.0 Å². The average molecular weight is 330 g/mol. The number of anilines is 1. The third-order valence-electron chi connectivity index (χ3n) is 4.25. The molecule has 6 heteroatoms. The number of piperidine rings is 1. The van der Waals surface area contributed by atoms with Crippen molar-refractivity contribution in [1.82, 2.24) is 4.98 Å². The molecule has 1 aliphatic rings. The van der Waals surface area contributed by atoms with Crippen molar-refractivity contribution < 1.29 is 9.90 Å². The smallest absolute Gasteiger partial charge is 0.308 e. The normalized spacial score (nSPS) is 18.0. The molecular formula is C17H16ClN3O2. The van der Waals surface area contributed by atoms with Gasteiger partial charge in [-0.3, -0.25) is 9.78 Å². The zero-order chi connectivity index (χ0) is 16.6. The Morgan fingerprint density at radius 2 is 2.30 bits per heavy atom. The third-order valence-corrected chi connectivity index (χ3v) is 4.54. The summed E-state index contributed by atoms with van der Waals surface area (Å²) < 4.78 is 0. The van der Waals surface area contributed by atoms with Crippen molar-refractivity contribution in [3.63, 3.8) is 0 Å². The first-order valence-electron chi connectivity index (χ1n) is 7.48. The Balaban J connectivity index is 2.18. The number of aryl methyl sites for hydroxylation is 1. The van der Waals surface area contributed by atoms with Crippen LogP contribution < -0.4 is 4.90 Å². The minimum atomic E-state index is -0.791. The van der Waals surface area contributed by atoms with Crippen molar-refractivity contribution >= 4 is 34.2 Å². The van der Waals surface area contributed by atoms with E-state index in [9.17, 15) is 15.2 Å². The SMILES string of the molecule is Cc1cc(Cl)c2ncc(C#N)c(N3CCCC(C(=O)O)C3)c2c1. The number of benzene rings is 1. The number of carbonyl (C=O) groups is 1.